The Bertz CT molecular complexity index is 1540. The molecule has 43 heavy (non-hydrogen) atoms. The number of anilines is 1. The Morgan fingerprint density at radius 3 is 2.44 bits per heavy atom. The van der Waals surface area contributed by atoms with E-state index in [-0.39, 0.29) is 34.6 Å². The topological polar surface area (TPSA) is 124 Å². The molecule has 4 rings (SSSR count). The van der Waals surface area contributed by atoms with E-state index in [1.54, 1.807) is 62.4 Å². The smallest absolute Gasteiger partial charge is 0.350 e. The zero-order valence-corrected chi connectivity index (χ0v) is 25.4. The second-order valence-corrected chi connectivity index (χ2v) is 10.4. The van der Waals surface area contributed by atoms with Crippen LogP contribution in [0.4, 0.5) is 5.13 Å². The molecule has 1 unspecified atom stereocenters. The van der Waals surface area contributed by atoms with Gasteiger partial charge in [-0.1, -0.05) is 37.0 Å². The highest BCUT2D eigenvalue weighted by Gasteiger charge is 2.48. The minimum atomic E-state index is -1.09. The van der Waals surface area contributed by atoms with Crippen LogP contribution >= 0.6 is 11.3 Å². The number of hydrogen-bond acceptors (Lipinski definition) is 10. The van der Waals surface area contributed by atoms with Crippen LogP contribution < -0.4 is 19.1 Å². The number of Topliss-reactive ketones (excluding diaryl/α,β-unsaturated/α-hetero) is 1. The van der Waals surface area contributed by atoms with Crippen LogP contribution in [0, 0.1) is 6.92 Å². The molecule has 0 spiro atoms. The Labute approximate surface area is 254 Å². The van der Waals surface area contributed by atoms with Gasteiger partial charge in [-0.15, -0.1) is 0 Å². The molecule has 1 aromatic heterocycles. The van der Waals surface area contributed by atoms with Crippen LogP contribution in [0.5, 0.6) is 17.2 Å². The van der Waals surface area contributed by atoms with Crippen molar-refractivity contribution in [1.29, 1.82) is 0 Å². The molecule has 226 valence electrons. The van der Waals surface area contributed by atoms with Crippen molar-refractivity contribution in [3.8, 4) is 17.2 Å². The van der Waals surface area contributed by atoms with Crippen molar-refractivity contribution in [3.05, 3.63) is 82.4 Å². The number of nitrogens with zero attached hydrogens (tertiary/aromatic N) is 2. The number of esters is 1. The molecular weight excluding hydrogens is 572 g/mol. The summed E-state index contributed by atoms with van der Waals surface area (Å²) in [6, 6.07) is 10.5. The molecule has 0 radical (unpaired) electrons. The molecule has 0 aliphatic carbocycles. The van der Waals surface area contributed by atoms with E-state index in [0.29, 0.717) is 47.3 Å². The molecule has 3 aromatic rings. The summed E-state index contributed by atoms with van der Waals surface area (Å²) in [4.78, 5) is 45.7. The standard InChI is InChI=1S/C32H34N2O8S/c1-6-16-41-22-13-10-20(11-14-22)27(35)25-26(21-12-15-23(42-17-7-2)24(18-21)39-8-3)34(30(37)28(25)36)32-33-19(5)29(43-32)31(38)40-9-4/h7,10-15,18,26,35H,2,6,8-9,16-17H2,1,3-5H3/b27-25+. The van der Waals surface area contributed by atoms with E-state index in [4.69, 9.17) is 18.9 Å². The van der Waals surface area contributed by atoms with Crippen molar-refractivity contribution < 1.29 is 38.4 Å². The van der Waals surface area contributed by atoms with Crippen LogP contribution in [-0.2, 0) is 14.3 Å². The third-order valence-electron chi connectivity index (χ3n) is 6.44. The van der Waals surface area contributed by atoms with Gasteiger partial charge in [-0.25, -0.2) is 9.78 Å². The fourth-order valence-electron chi connectivity index (χ4n) is 4.53. The molecule has 1 aliphatic heterocycles. The van der Waals surface area contributed by atoms with Crippen LogP contribution in [-0.4, -0.2) is 54.2 Å². The van der Waals surface area contributed by atoms with Crippen molar-refractivity contribution in [2.75, 3.05) is 31.3 Å². The predicted octanol–water partition coefficient (Wildman–Crippen LogP) is 6.01. The molecule has 2 heterocycles. The quantitative estimate of drug-likeness (QED) is 0.0819. The zero-order valence-electron chi connectivity index (χ0n) is 24.5. The number of aliphatic hydroxyl groups excluding tert-OH is 1. The van der Waals surface area contributed by atoms with Crippen molar-refractivity contribution >= 4 is 39.9 Å². The Morgan fingerprint density at radius 1 is 1.05 bits per heavy atom. The normalized spacial score (nSPS) is 15.8. The molecule has 0 bridgehead atoms. The van der Waals surface area contributed by atoms with E-state index in [9.17, 15) is 19.5 Å². The van der Waals surface area contributed by atoms with Gasteiger partial charge in [0, 0.05) is 5.56 Å². The van der Waals surface area contributed by atoms with Crippen molar-refractivity contribution in [2.45, 2.75) is 40.2 Å². The first kappa shape index (κ1) is 31.3. The molecule has 1 N–H and O–H groups in total. The molecule has 10 nitrogen and oxygen atoms in total. The summed E-state index contributed by atoms with van der Waals surface area (Å²) in [6.45, 7) is 12.1. The lowest BCUT2D eigenvalue weighted by molar-refractivity contribution is -0.132. The van der Waals surface area contributed by atoms with Crippen molar-refractivity contribution in [3.63, 3.8) is 0 Å². The SMILES string of the molecule is C=CCOc1ccc(C2/C(=C(\O)c3ccc(OCCC)cc3)C(=O)C(=O)N2c2nc(C)c(C(=O)OCC)s2)cc1OCC. The highest BCUT2D eigenvalue weighted by Crippen LogP contribution is 2.45. The lowest BCUT2D eigenvalue weighted by Crippen LogP contribution is -2.29. The highest BCUT2D eigenvalue weighted by molar-refractivity contribution is 7.17. The number of aliphatic hydroxyl groups is 1. The molecule has 1 atom stereocenters. The number of thiazole rings is 1. The molecular formula is C32H34N2O8S. The highest BCUT2D eigenvalue weighted by atomic mass is 32.1. The monoisotopic (exact) mass is 606 g/mol. The first-order valence-corrected chi connectivity index (χ1v) is 14.8. The van der Waals surface area contributed by atoms with Crippen LogP contribution in [0.15, 0.2) is 60.7 Å². The van der Waals surface area contributed by atoms with Crippen molar-refractivity contribution in [2.24, 2.45) is 0 Å². The van der Waals surface area contributed by atoms with Gasteiger partial charge >= 0.3 is 11.9 Å². The lowest BCUT2D eigenvalue weighted by atomic mass is 9.95. The van der Waals surface area contributed by atoms with Crippen LogP contribution in [0.1, 0.15) is 59.7 Å². The number of carbonyl (C=O) groups excluding carboxylic acids is 3. The Morgan fingerprint density at radius 2 is 1.79 bits per heavy atom. The number of aryl methyl sites for hydroxylation is 1. The fraction of sp³-hybridized carbons (Fsp3) is 0.312. The summed E-state index contributed by atoms with van der Waals surface area (Å²) in [5.41, 5.74) is 0.999. The van der Waals surface area contributed by atoms with E-state index in [1.165, 1.54) is 4.90 Å². The Kier molecular flexibility index (Phi) is 10.2. The zero-order chi connectivity index (χ0) is 31.1. The Hall–Kier alpha value is -4.64. The van der Waals surface area contributed by atoms with E-state index >= 15 is 0 Å². The van der Waals surface area contributed by atoms with E-state index in [0.717, 1.165) is 17.8 Å². The van der Waals surface area contributed by atoms with Crippen LogP contribution in [0.3, 0.4) is 0 Å². The maximum atomic E-state index is 13.6. The number of aromatic nitrogens is 1. The molecule has 1 aliphatic rings. The number of carbonyl (C=O) groups is 3. The van der Waals surface area contributed by atoms with Gasteiger partial charge in [0.1, 0.15) is 23.0 Å². The number of rotatable bonds is 13. The average Bonchev–Trinajstić information content (AvgIpc) is 3.51. The summed E-state index contributed by atoms with van der Waals surface area (Å²) in [6.07, 6.45) is 2.43. The summed E-state index contributed by atoms with van der Waals surface area (Å²) >= 11 is 0.936. The van der Waals surface area contributed by atoms with E-state index in [2.05, 4.69) is 11.6 Å². The minimum absolute atomic E-state index is 0.111. The van der Waals surface area contributed by atoms with Gasteiger partial charge in [0.15, 0.2) is 16.6 Å². The average molecular weight is 607 g/mol. The molecule has 1 fully saturated rings. The van der Waals surface area contributed by atoms with Gasteiger partial charge in [-0.3, -0.25) is 14.5 Å². The first-order chi connectivity index (χ1) is 20.7. The largest absolute Gasteiger partial charge is 0.507 e. The summed E-state index contributed by atoms with van der Waals surface area (Å²) in [5.74, 6) is -1.31. The number of benzene rings is 2. The van der Waals surface area contributed by atoms with Crippen LogP contribution in [0.25, 0.3) is 5.76 Å². The minimum Gasteiger partial charge on any atom is -0.507 e. The summed E-state index contributed by atoms with van der Waals surface area (Å²) in [7, 11) is 0. The number of ether oxygens (including phenoxy) is 4. The van der Waals surface area contributed by atoms with Gasteiger partial charge in [0.25, 0.3) is 5.78 Å². The Balaban J connectivity index is 1.89. The van der Waals surface area contributed by atoms with E-state index in [1.807, 2.05) is 13.8 Å². The first-order valence-electron chi connectivity index (χ1n) is 13.9. The molecule has 11 heteroatoms. The van der Waals surface area contributed by atoms with Gasteiger partial charge in [0.05, 0.1) is 37.1 Å². The van der Waals surface area contributed by atoms with Gasteiger partial charge < -0.3 is 24.1 Å². The molecule has 1 saturated heterocycles. The second kappa shape index (κ2) is 14.0. The molecule has 0 saturated carbocycles. The fourth-order valence-corrected chi connectivity index (χ4v) is 5.52. The molecule has 1 amide bonds. The van der Waals surface area contributed by atoms with Gasteiger partial charge in [-0.05, 0) is 69.2 Å². The predicted molar refractivity (Wildman–Crippen MR) is 163 cm³/mol. The third kappa shape index (κ3) is 6.56. The second-order valence-electron chi connectivity index (χ2n) is 9.41. The lowest BCUT2D eigenvalue weighted by Gasteiger charge is -2.24. The summed E-state index contributed by atoms with van der Waals surface area (Å²) < 4.78 is 22.3. The maximum Gasteiger partial charge on any atom is 0.350 e. The van der Waals surface area contributed by atoms with Gasteiger partial charge in [-0.2, -0.15) is 0 Å². The molecule has 2 aromatic carbocycles. The number of ketones is 1. The van der Waals surface area contributed by atoms with E-state index < -0.39 is 23.7 Å². The van der Waals surface area contributed by atoms with Crippen LogP contribution in [0.2, 0.25) is 0 Å². The number of hydrogen-bond donors (Lipinski definition) is 1. The van der Waals surface area contributed by atoms with Crippen molar-refractivity contribution in [1.82, 2.24) is 4.98 Å². The summed E-state index contributed by atoms with van der Waals surface area (Å²) in [5, 5.41) is 11.6. The van der Waals surface area contributed by atoms with Gasteiger partial charge in [0.2, 0.25) is 0 Å². The maximum absolute atomic E-state index is 13.6. The third-order valence-corrected chi connectivity index (χ3v) is 7.57. The number of amides is 1.